The molecule has 0 saturated heterocycles. The average molecular weight is 226 g/mol. The number of hydrogen-bond acceptors (Lipinski definition) is 3. The van der Waals surface area contributed by atoms with Crippen LogP contribution in [0, 0.1) is 5.82 Å². The fourth-order valence-corrected chi connectivity index (χ4v) is 1.20. The molecule has 4 nitrogen and oxygen atoms in total. The van der Waals surface area contributed by atoms with Gasteiger partial charge in [-0.15, -0.1) is 0 Å². The van der Waals surface area contributed by atoms with Gasteiger partial charge in [-0.2, -0.15) is 0 Å². The number of amides is 1. The van der Waals surface area contributed by atoms with Crippen LogP contribution in [0.1, 0.15) is 6.92 Å². The number of nitrogen functional groups attached to an aromatic ring is 1. The Morgan fingerprint density at radius 3 is 2.62 bits per heavy atom. The van der Waals surface area contributed by atoms with Crippen LogP contribution in [0.2, 0.25) is 0 Å². The quantitative estimate of drug-likeness (QED) is 0.789. The van der Waals surface area contributed by atoms with Crippen LogP contribution in [0.4, 0.5) is 10.1 Å². The molecular formula is C11H15FN2O2. The number of nitrogens with two attached hydrogens (primary N) is 1. The van der Waals surface area contributed by atoms with Crippen molar-refractivity contribution < 1.29 is 13.9 Å². The van der Waals surface area contributed by atoms with Gasteiger partial charge in [-0.1, -0.05) is 0 Å². The fraction of sp³-hybridized carbons (Fsp3) is 0.364. The van der Waals surface area contributed by atoms with E-state index < -0.39 is 11.9 Å². The molecule has 0 radical (unpaired) electrons. The maximum atomic E-state index is 13.1. The second-order valence-electron chi connectivity index (χ2n) is 3.68. The zero-order valence-electron chi connectivity index (χ0n) is 9.53. The summed E-state index contributed by atoms with van der Waals surface area (Å²) in [4.78, 5) is 12.9. The largest absolute Gasteiger partial charge is 0.481 e. The molecule has 1 amide bonds. The number of anilines is 1. The zero-order chi connectivity index (χ0) is 12.3. The summed E-state index contributed by atoms with van der Waals surface area (Å²) in [6.07, 6.45) is -0.655. The van der Waals surface area contributed by atoms with Crippen LogP contribution in [-0.2, 0) is 4.79 Å². The van der Waals surface area contributed by atoms with Crippen molar-refractivity contribution in [3.05, 3.63) is 24.0 Å². The van der Waals surface area contributed by atoms with E-state index in [4.69, 9.17) is 10.5 Å². The van der Waals surface area contributed by atoms with Gasteiger partial charge in [0.2, 0.25) is 0 Å². The van der Waals surface area contributed by atoms with Crippen LogP contribution in [0.15, 0.2) is 18.2 Å². The molecule has 0 fully saturated rings. The summed E-state index contributed by atoms with van der Waals surface area (Å²) in [5.41, 5.74) is 5.38. The highest BCUT2D eigenvalue weighted by atomic mass is 19.1. The fourth-order valence-electron chi connectivity index (χ4n) is 1.20. The molecule has 1 rings (SSSR count). The number of hydrogen-bond donors (Lipinski definition) is 1. The Balaban J connectivity index is 2.73. The molecule has 1 aromatic carbocycles. The monoisotopic (exact) mass is 226 g/mol. The Kier molecular flexibility index (Phi) is 3.71. The van der Waals surface area contributed by atoms with Gasteiger partial charge >= 0.3 is 0 Å². The first-order valence-corrected chi connectivity index (χ1v) is 4.84. The van der Waals surface area contributed by atoms with Gasteiger partial charge in [0.15, 0.2) is 6.10 Å². The number of likely N-dealkylation sites (N-methyl/N-ethyl adjacent to an activating group) is 1. The molecule has 1 aromatic rings. The molecule has 1 unspecified atom stereocenters. The van der Waals surface area contributed by atoms with E-state index in [0.717, 1.165) is 6.07 Å². The summed E-state index contributed by atoms with van der Waals surface area (Å²) in [5.74, 6) is -0.450. The highest BCUT2D eigenvalue weighted by Gasteiger charge is 2.16. The van der Waals surface area contributed by atoms with Crippen LogP contribution in [-0.4, -0.2) is 31.0 Å². The van der Waals surface area contributed by atoms with Crippen LogP contribution in [0.25, 0.3) is 0 Å². The average Bonchev–Trinajstić information content (AvgIpc) is 2.22. The smallest absolute Gasteiger partial charge is 0.262 e. The second kappa shape index (κ2) is 4.83. The molecule has 0 aliphatic rings. The summed E-state index contributed by atoms with van der Waals surface area (Å²) in [5, 5.41) is 0. The Labute approximate surface area is 93.8 Å². The molecule has 0 spiro atoms. The van der Waals surface area contributed by atoms with Gasteiger partial charge in [-0.3, -0.25) is 4.79 Å². The number of carbonyl (C=O) groups excluding carboxylic acids is 1. The predicted octanol–water partition coefficient (Wildman–Crippen LogP) is 1.26. The van der Waals surface area contributed by atoms with Crippen molar-refractivity contribution in [1.29, 1.82) is 0 Å². The zero-order valence-corrected chi connectivity index (χ0v) is 9.53. The lowest BCUT2D eigenvalue weighted by Crippen LogP contribution is -2.35. The molecule has 16 heavy (non-hydrogen) atoms. The van der Waals surface area contributed by atoms with Gasteiger partial charge in [0.05, 0.1) is 5.69 Å². The van der Waals surface area contributed by atoms with Gasteiger partial charge in [-0.25, -0.2) is 4.39 Å². The number of benzene rings is 1. The van der Waals surface area contributed by atoms with E-state index in [9.17, 15) is 9.18 Å². The third-order valence-corrected chi connectivity index (χ3v) is 2.07. The molecule has 0 bridgehead atoms. The van der Waals surface area contributed by atoms with Crippen LogP contribution in [0.3, 0.4) is 0 Å². The van der Waals surface area contributed by atoms with E-state index in [-0.39, 0.29) is 17.3 Å². The van der Waals surface area contributed by atoms with E-state index in [0.29, 0.717) is 0 Å². The SMILES string of the molecule is CC(Oc1ccc(N)c(F)c1)C(=O)N(C)C. The molecule has 5 heteroatoms. The third-order valence-electron chi connectivity index (χ3n) is 2.07. The number of ether oxygens (including phenoxy) is 1. The van der Waals surface area contributed by atoms with E-state index >= 15 is 0 Å². The maximum Gasteiger partial charge on any atom is 0.262 e. The van der Waals surface area contributed by atoms with Crippen LogP contribution < -0.4 is 10.5 Å². The summed E-state index contributed by atoms with van der Waals surface area (Å²) in [7, 11) is 3.26. The van der Waals surface area contributed by atoms with Gasteiger partial charge in [-0.05, 0) is 19.1 Å². The van der Waals surface area contributed by atoms with Crippen molar-refractivity contribution in [3.8, 4) is 5.75 Å². The van der Waals surface area contributed by atoms with Crippen LogP contribution >= 0.6 is 0 Å². The standard InChI is InChI=1S/C11H15FN2O2/c1-7(11(15)14(2)3)16-8-4-5-10(13)9(12)6-8/h4-7H,13H2,1-3H3. The highest BCUT2D eigenvalue weighted by Crippen LogP contribution is 2.19. The van der Waals surface area contributed by atoms with Gasteiger partial charge in [0.1, 0.15) is 11.6 Å². The van der Waals surface area contributed by atoms with E-state index in [1.807, 2.05) is 0 Å². The summed E-state index contributed by atoms with van der Waals surface area (Å²) >= 11 is 0. The van der Waals surface area contributed by atoms with Gasteiger partial charge in [0, 0.05) is 20.2 Å². The van der Waals surface area contributed by atoms with Crippen molar-refractivity contribution in [1.82, 2.24) is 4.90 Å². The first-order valence-electron chi connectivity index (χ1n) is 4.84. The molecule has 2 N–H and O–H groups in total. The van der Waals surface area contributed by atoms with Crippen LogP contribution in [0.5, 0.6) is 5.75 Å². The van der Waals surface area contributed by atoms with Gasteiger partial charge < -0.3 is 15.4 Å². The third kappa shape index (κ3) is 2.85. The molecule has 0 aliphatic carbocycles. The lowest BCUT2D eigenvalue weighted by Gasteiger charge is -2.18. The van der Waals surface area contributed by atoms with E-state index in [1.165, 1.54) is 17.0 Å². The summed E-state index contributed by atoms with van der Waals surface area (Å²) < 4.78 is 18.4. The lowest BCUT2D eigenvalue weighted by atomic mass is 10.3. The molecule has 0 aliphatic heterocycles. The van der Waals surface area contributed by atoms with Crippen molar-refractivity contribution in [2.75, 3.05) is 19.8 Å². The van der Waals surface area contributed by atoms with Gasteiger partial charge in [0.25, 0.3) is 5.91 Å². The normalized spacial score (nSPS) is 12.0. The first-order chi connectivity index (χ1) is 7.41. The summed E-state index contributed by atoms with van der Waals surface area (Å²) in [6.45, 7) is 1.61. The van der Waals surface area contributed by atoms with E-state index in [1.54, 1.807) is 21.0 Å². The minimum Gasteiger partial charge on any atom is -0.481 e. The highest BCUT2D eigenvalue weighted by molar-refractivity contribution is 5.80. The molecular weight excluding hydrogens is 211 g/mol. The summed E-state index contributed by atoms with van der Waals surface area (Å²) in [6, 6.07) is 4.09. The molecule has 1 atom stereocenters. The van der Waals surface area contributed by atoms with Crippen molar-refractivity contribution in [3.63, 3.8) is 0 Å². The molecule has 0 aromatic heterocycles. The second-order valence-corrected chi connectivity index (χ2v) is 3.68. The van der Waals surface area contributed by atoms with Crippen molar-refractivity contribution in [2.24, 2.45) is 0 Å². The Hall–Kier alpha value is -1.78. The number of rotatable bonds is 3. The Bertz CT molecular complexity index is 394. The first kappa shape index (κ1) is 12.3. The number of carbonyl (C=O) groups is 1. The predicted molar refractivity (Wildman–Crippen MR) is 59.6 cm³/mol. The minimum atomic E-state index is -0.655. The molecule has 88 valence electrons. The number of halogens is 1. The molecule has 0 heterocycles. The minimum absolute atomic E-state index is 0.0546. The Morgan fingerprint density at radius 1 is 1.50 bits per heavy atom. The lowest BCUT2D eigenvalue weighted by molar-refractivity contribution is -0.135. The molecule has 0 saturated carbocycles. The Morgan fingerprint density at radius 2 is 2.12 bits per heavy atom. The van der Waals surface area contributed by atoms with Crippen molar-refractivity contribution >= 4 is 11.6 Å². The maximum absolute atomic E-state index is 13.1. The topological polar surface area (TPSA) is 55.6 Å². The number of nitrogens with zero attached hydrogens (tertiary/aromatic N) is 1. The van der Waals surface area contributed by atoms with E-state index in [2.05, 4.69) is 0 Å². The van der Waals surface area contributed by atoms with Crippen molar-refractivity contribution in [2.45, 2.75) is 13.0 Å².